The molecule has 0 saturated heterocycles. The second-order valence-corrected chi connectivity index (χ2v) is 8.23. The molecule has 0 saturated carbocycles. The lowest BCUT2D eigenvalue weighted by Crippen LogP contribution is -2.44. The topological polar surface area (TPSA) is 68.2 Å². The van der Waals surface area contributed by atoms with E-state index in [0.717, 1.165) is 11.1 Å². The van der Waals surface area contributed by atoms with E-state index in [-0.39, 0.29) is 0 Å². The molecule has 2 N–H and O–H groups in total. The van der Waals surface area contributed by atoms with Gasteiger partial charge in [0.2, 0.25) is 0 Å². The van der Waals surface area contributed by atoms with Crippen molar-refractivity contribution in [2.45, 2.75) is 12.0 Å². The largest absolute Gasteiger partial charge is 0.497 e. The predicted molar refractivity (Wildman–Crippen MR) is 141 cm³/mol. The third kappa shape index (κ3) is 5.95. The Labute approximate surface area is 207 Å². The molecule has 2 unspecified atom stereocenters. The molecule has 5 nitrogen and oxygen atoms in total. The Morgan fingerprint density at radius 3 is 1.17 bits per heavy atom. The van der Waals surface area contributed by atoms with Crippen LogP contribution in [-0.2, 0) is 4.74 Å². The molecular weight excluding hydrogens is 438 g/mol. The van der Waals surface area contributed by atoms with Crippen LogP contribution in [0.2, 0.25) is 0 Å². The fourth-order valence-corrected chi connectivity index (χ4v) is 4.07. The van der Waals surface area contributed by atoms with Crippen LogP contribution in [-0.4, -0.2) is 38.1 Å². The molecule has 4 aromatic carbocycles. The summed E-state index contributed by atoms with van der Waals surface area (Å²) in [6.07, 6.45) is 0. The first-order chi connectivity index (χ1) is 17.1. The van der Waals surface area contributed by atoms with E-state index in [2.05, 4.69) is 0 Å². The van der Waals surface area contributed by atoms with Crippen LogP contribution in [0.4, 0.5) is 0 Å². The summed E-state index contributed by atoms with van der Waals surface area (Å²) in [5.74, 6) is 1.41. The molecule has 176 valence electrons. The summed E-state index contributed by atoms with van der Waals surface area (Å²) in [6, 6.07) is 32.2. The van der Waals surface area contributed by atoms with Crippen LogP contribution >= 0.6 is 0 Å². The second kappa shape index (κ2) is 11.8. The van der Waals surface area contributed by atoms with Gasteiger partial charge in [-0.1, -0.05) is 84.9 Å². The van der Waals surface area contributed by atoms with Gasteiger partial charge >= 0.3 is 13.8 Å². The van der Waals surface area contributed by atoms with Crippen LogP contribution in [0.3, 0.4) is 0 Å². The van der Waals surface area contributed by atoms with E-state index in [1.807, 2.05) is 109 Å². The fourth-order valence-electron chi connectivity index (χ4n) is 4.07. The van der Waals surface area contributed by atoms with Gasteiger partial charge in [-0.05, 0) is 46.3 Å². The van der Waals surface area contributed by atoms with Gasteiger partial charge in [0, 0.05) is 0 Å². The van der Waals surface area contributed by atoms with Crippen molar-refractivity contribution in [1.29, 1.82) is 0 Å². The second-order valence-electron chi connectivity index (χ2n) is 8.23. The molecule has 0 spiro atoms. The Morgan fingerprint density at radius 2 is 0.857 bits per heavy atom. The Bertz CT molecular complexity index is 1080. The zero-order chi connectivity index (χ0) is 24.6. The zero-order valence-corrected chi connectivity index (χ0v) is 19.8. The van der Waals surface area contributed by atoms with Gasteiger partial charge < -0.3 is 24.3 Å². The average molecular weight is 466 g/mol. The number of rotatable bonds is 10. The minimum Gasteiger partial charge on any atom is -0.497 e. The number of hydrogen-bond donors (Lipinski definition) is 2. The zero-order valence-electron chi connectivity index (χ0n) is 19.8. The molecule has 0 aromatic heterocycles. The molecule has 0 aliphatic heterocycles. The number of methoxy groups -OCH3 is 2. The maximum Gasteiger partial charge on any atom is 0.359 e. The van der Waals surface area contributed by atoms with Crippen molar-refractivity contribution in [3.63, 3.8) is 0 Å². The van der Waals surface area contributed by atoms with Crippen molar-refractivity contribution >= 4 is 24.8 Å². The van der Waals surface area contributed by atoms with Crippen molar-refractivity contribution in [2.24, 2.45) is 0 Å². The molecule has 0 fully saturated rings. The highest BCUT2D eigenvalue weighted by Gasteiger charge is 2.37. The summed E-state index contributed by atoms with van der Waals surface area (Å²) in [5, 5.41) is 22.9. The molecule has 0 bridgehead atoms. The lowest BCUT2D eigenvalue weighted by atomic mass is 9.52. The maximum absolute atomic E-state index is 11.4. The molecule has 0 heterocycles. The maximum atomic E-state index is 11.4. The summed E-state index contributed by atoms with van der Waals surface area (Å²) < 4.78 is 17.1. The third-order valence-corrected chi connectivity index (χ3v) is 6.04. The van der Waals surface area contributed by atoms with Gasteiger partial charge in [-0.2, -0.15) is 0 Å². The van der Waals surface area contributed by atoms with E-state index in [9.17, 15) is 10.0 Å². The van der Waals surface area contributed by atoms with Crippen molar-refractivity contribution in [2.75, 3.05) is 14.2 Å². The number of ether oxygens (including phenoxy) is 3. The van der Waals surface area contributed by atoms with Crippen LogP contribution in [0.1, 0.15) is 23.1 Å². The lowest BCUT2D eigenvalue weighted by molar-refractivity contribution is 0.0592. The molecule has 0 radical (unpaired) electrons. The van der Waals surface area contributed by atoms with Crippen molar-refractivity contribution in [1.82, 2.24) is 0 Å². The summed E-state index contributed by atoms with van der Waals surface area (Å²) in [6.45, 7) is -1.95. The molecule has 4 aromatic rings. The molecule has 4 rings (SSSR count). The molecule has 0 aliphatic rings. The van der Waals surface area contributed by atoms with Crippen LogP contribution < -0.4 is 20.4 Å². The van der Waals surface area contributed by atoms with E-state index in [4.69, 9.17) is 14.2 Å². The Balaban J connectivity index is 1.72. The van der Waals surface area contributed by atoms with Gasteiger partial charge in [0.25, 0.3) is 0 Å². The molecule has 0 aliphatic carbocycles. The normalized spacial score (nSPS) is 12.5. The van der Waals surface area contributed by atoms with Gasteiger partial charge in [0.1, 0.15) is 11.5 Å². The molecule has 0 amide bonds. The van der Waals surface area contributed by atoms with E-state index < -0.39 is 25.8 Å². The molecule has 7 heteroatoms. The standard InChI is InChI=1S/C28H28B2O5/c1-33-25-17-13-23(14-18-25)29(31)27(21-9-5-3-6-10-21)35-28(22-11-7-4-8-12-22)30(32)24-15-19-26(34-2)20-16-24/h3-20,27-28,31-32H,1-2H3. The third-order valence-electron chi connectivity index (χ3n) is 6.04. The molecule has 35 heavy (non-hydrogen) atoms. The fraction of sp³-hybridized carbons (Fsp3) is 0.143. The van der Waals surface area contributed by atoms with Gasteiger partial charge in [0.15, 0.2) is 0 Å². The highest BCUT2D eigenvalue weighted by Crippen LogP contribution is 2.30. The minimum absolute atomic E-state index is 0.686. The Morgan fingerprint density at radius 1 is 0.514 bits per heavy atom. The SMILES string of the molecule is COc1ccc(B(O)C(OC(B(O)c2ccc(OC)cc2)c2ccccc2)c2ccccc2)cc1. The van der Waals surface area contributed by atoms with Crippen LogP contribution in [0.25, 0.3) is 0 Å². The Kier molecular flexibility index (Phi) is 8.27. The summed E-state index contributed by atoms with van der Waals surface area (Å²) in [5.41, 5.74) is 2.98. The van der Waals surface area contributed by atoms with E-state index >= 15 is 0 Å². The number of benzene rings is 4. The Hall–Kier alpha value is -3.51. The lowest BCUT2D eigenvalue weighted by Gasteiger charge is -2.29. The van der Waals surface area contributed by atoms with Gasteiger partial charge in [-0.25, -0.2) is 0 Å². The summed E-state index contributed by atoms with van der Waals surface area (Å²) in [4.78, 5) is 0. The highest BCUT2D eigenvalue weighted by molar-refractivity contribution is 6.68. The van der Waals surface area contributed by atoms with E-state index in [0.29, 0.717) is 22.4 Å². The minimum atomic E-state index is -0.974. The molecule has 2 atom stereocenters. The first-order valence-corrected chi connectivity index (χ1v) is 11.5. The smallest absolute Gasteiger partial charge is 0.359 e. The highest BCUT2D eigenvalue weighted by atomic mass is 16.5. The first-order valence-electron chi connectivity index (χ1n) is 11.5. The molecular formula is C28H28B2O5. The van der Waals surface area contributed by atoms with Crippen molar-refractivity contribution in [3.8, 4) is 11.5 Å². The quantitative estimate of drug-likeness (QED) is 0.351. The summed E-state index contributed by atoms with van der Waals surface area (Å²) >= 11 is 0. The number of hydrogen-bond acceptors (Lipinski definition) is 5. The van der Waals surface area contributed by atoms with Crippen LogP contribution in [0, 0.1) is 0 Å². The van der Waals surface area contributed by atoms with E-state index in [1.165, 1.54) is 0 Å². The van der Waals surface area contributed by atoms with Gasteiger partial charge in [-0.3, -0.25) is 0 Å². The van der Waals surface area contributed by atoms with Crippen LogP contribution in [0.5, 0.6) is 11.5 Å². The summed E-state index contributed by atoms with van der Waals surface area (Å²) in [7, 11) is 3.21. The van der Waals surface area contributed by atoms with Crippen molar-refractivity contribution < 1.29 is 24.3 Å². The van der Waals surface area contributed by atoms with Gasteiger partial charge in [0.05, 0.1) is 26.2 Å². The monoisotopic (exact) mass is 466 g/mol. The first kappa shape index (κ1) is 24.6. The average Bonchev–Trinajstić information content (AvgIpc) is 2.94. The van der Waals surface area contributed by atoms with Crippen molar-refractivity contribution in [3.05, 3.63) is 120 Å². The van der Waals surface area contributed by atoms with Crippen LogP contribution in [0.15, 0.2) is 109 Å². The van der Waals surface area contributed by atoms with E-state index in [1.54, 1.807) is 14.2 Å². The van der Waals surface area contributed by atoms with Gasteiger partial charge in [-0.15, -0.1) is 0 Å². The predicted octanol–water partition coefficient (Wildman–Crippen LogP) is 3.36.